The van der Waals surface area contributed by atoms with Crippen molar-refractivity contribution in [1.82, 2.24) is 5.32 Å². The minimum absolute atomic E-state index is 0.173. The Morgan fingerprint density at radius 2 is 2.23 bits per heavy atom. The third-order valence-electron chi connectivity index (χ3n) is 2.81. The molecule has 1 heterocycles. The lowest BCUT2D eigenvalue weighted by atomic mass is 10.0. The molecule has 0 aromatic carbocycles. The molecular weight excluding hydrogens is 166 g/mol. The van der Waals surface area contributed by atoms with Crippen molar-refractivity contribution in [1.29, 1.82) is 0 Å². The number of ether oxygens (including phenoxy) is 1. The molecular formula is C10H17NO2. The van der Waals surface area contributed by atoms with Gasteiger partial charge in [-0.2, -0.15) is 0 Å². The lowest BCUT2D eigenvalue weighted by molar-refractivity contribution is -0.121. The van der Waals surface area contributed by atoms with Crippen LogP contribution < -0.4 is 5.32 Å². The Bertz CT molecular complexity index is 183. The van der Waals surface area contributed by atoms with Gasteiger partial charge in [-0.1, -0.05) is 0 Å². The molecule has 0 bridgehead atoms. The highest BCUT2D eigenvalue weighted by Crippen LogP contribution is 2.27. The molecule has 0 spiro atoms. The second kappa shape index (κ2) is 4.20. The van der Waals surface area contributed by atoms with E-state index in [9.17, 15) is 4.79 Å². The number of carbonyl (C=O) groups excluding carboxylic acids is 1. The molecule has 0 radical (unpaired) electrons. The van der Waals surface area contributed by atoms with Crippen LogP contribution >= 0.6 is 0 Å². The van der Waals surface area contributed by atoms with E-state index < -0.39 is 0 Å². The highest BCUT2D eigenvalue weighted by Gasteiger charge is 2.24. The second-order valence-electron chi connectivity index (χ2n) is 4.10. The summed E-state index contributed by atoms with van der Waals surface area (Å²) < 4.78 is 5.17. The van der Waals surface area contributed by atoms with Crippen LogP contribution in [0.5, 0.6) is 0 Å². The lowest BCUT2D eigenvalue weighted by Crippen LogP contribution is -2.29. The molecule has 1 atom stereocenters. The maximum Gasteiger partial charge on any atom is 0.152 e. The van der Waals surface area contributed by atoms with Crippen molar-refractivity contribution in [3.05, 3.63) is 0 Å². The summed E-state index contributed by atoms with van der Waals surface area (Å²) in [6, 6.07) is 0. The van der Waals surface area contributed by atoms with E-state index in [4.69, 9.17) is 4.74 Å². The molecule has 1 aliphatic carbocycles. The fourth-order valence-electron chi connectivity index (χ4n) is 1.65. The molecule has 0 aromatic rings. The van der Waals surface area contributed by atoms with Gasteiger partial charge in [-0.05, 0) is 31.7 Å². The van der Waals surface area contributed by atoms with Gasteiger partial charge < -0.3 is 10.1 Å². The highest BCUT2D eigenvalue weighted by molar-refractivity contribution is 5.83. The normalized spacial score (nSPS) is 27.8. The minimum atomic E-state index is 0.173. The van der Waals surface area contributed by atoms with Crippen molar-refractivity contribution in [2.45, 2.75) is 19.3 Å². The third-order valence-corrected chi connectivity index (χ3v) is 2.81. The maximum absolute atomic E-state index is 11.5. The van der Waals surface area contributed by atoms with Crippen molar-refractivity contribution >= 4 is 5.78 Å². The van der Waals surface area contributed by atoms with Gasteiger partial charge in [0.1, 0.15) is 0 Å². The van der Waals surface area contributed by atoms with E-state index in [1.165, 1.54) is 12.8 Å². The summed E-state index contributed by atoms with van der Waals surface area (Å²) in [5.74, 6) is 1.36. The van der Waals surface area contributed by atoms with Gasteiger partial charge in [-0.3, -0.25) is 4.79 Å². The lowest BCUT2D eigenvalue weighted by Gasteiger charge is -2.06. The number of nitrogens with one attached hydrogen (secondary N) is 1. The molecule has 1 saturated heterocycles. The fraction of sp³-hybridized carbons (Fsp3) is 0.900. The van der Waals surface area contributed by atoms with Gasteiger partial charge in [-0.25, -0.2) is 0 Å². The minimum Gasteiger partial charge on any atom is -0.381 e. The molecule has 2 fully saturated rings. The zero-order chi connectivity index (χ0) is 9.10. The summed E-state index contributed by atoms with van der Waals surface area (Å²) in [6.07, 6.45) is 3.60. The highest BCUT2D eigenvalue weighted by atomic mass is 16.5. The van der Waals surface area contributed by atoms with Gasteiger partial charge >= 0.3 is 0 Å². The monoisotopic (exact) mass is 183 g/mol. The molecule has 1 saturated carbocycles. The Hall–Kier alpha value is -0.410. The molecule has 13 heavy (non-hydrogen) atoms. The molecule has 2 aliphatic rings. The van der Waals surface area contributed by atoms with E-state index in [0.717, 1.165) is 25.5 Å². The molecule has 0 aromatic heterocycles. The quantitative estimate of drug-likeness (QED) is 0.678. The molecule has 1 N–H and O–H groups in total. The van der Waals surface area contributed by atoms with Crippen LogP contribution in [0.3, 0.4) is 0 Å². The van der Waals surface area contributed by atoms with Gasteiger partial charge in [-0.15, -0.1) is 0 Å². The predicted octanol–water partition coefficient (Wildman–Crippen LogP) is 0.592. The van der Waals surface area contributed by atoms with Gasteiger partial charge in [0.05, 0.1) is 13.2 Å². The first-order valence-electron chi connectivity index (χ1n) is 5.17. The zero-order valence-corrected chi connectivity index (χ0v) is 7.92. The topological polar surface area (TPSA) is 38.3 Å². The van der Waals surface area contributed by atoms with Crippen molar-refractivity contribution in [3.63, 3.8) is 0 Å². The summed E-state index contributed by atoms with van der Waals surface area (Å²) in [4.78, 5) is 11.5. The number of hydrogen-bond acceptors (Lipinski definition) is 3. The van der Waals surface area contributed by atoms with Crippen molar-refractivity contribution in [2.75, 3.05) is 26.3 Å². The summed E-state index contributed by atoms with van der Waals surface area (Å²) in [5.41, 5.74) is 0. The number of ketones is 1. The number of Topliss-reactive ketones (excluding diaryl/α,β-unsaturated/α-hetero) is 1. The van der Waals surface area contributed by atoms with Crippen LogP contribution in [0.15, 0.2) is 0 Å². The average Bonchev–Trinajstić information content (AvgIpc) is 2.80. The molecule has 0 amide bonds. The van der Waals surface area contributed by atoms with Crippen molar-refractivity contribution < 1.29 is 9.53 Å². The first-order valence-corrected chi connectivity index (χ1v) is 5.17. The Labute approximate surface area is 78.8 Å². The number of carbonyl (C=O) groups is 1. The Kier molecular flexibility index (Phi) is 2.96. The Balaban J connectivity index is 1.59. The first-order chi connectivity index (χ1) is 6.36. The maximum atomic E-state index is 11.5. The Morgan fingerprint density at radius 3 is 2.85 bits per heavy atom. The van der Waals surface area contributed by atoms with Crippen LogP contribution in [0.4, 0.5) is 0 Å². The van der Waals surface area contributed by atoms with Gasteiger partial charge in [0.25, 0.3) is 0 Å². The smallest absolute Gasteiger partial charge is 0.152 e. The largest absolute Gasteiger partial charge is 0.381 e. The summed E-state index contributed by atoms with van der Waals surface area (Å²) in [6.45, 7) is 2.98. The fourth-order valence-corrected chi connectivity index (χ4v) is 1.65. The van der Waals surface area contributed by atoms with Crippen molar-refractivity contribution in [2.24, 2.45) is 11.8 Å². The summed E-state index contributed by atoms with van der Waals surface area (Å²) >= 11 is 0. The van der Waals surface area contributed by atoms with E-state index in [1.54, 1.807) is 0 Å². The van der Waals surface area contributed by atoms with Gasteiger partial charge in [0.15, 0.2) is 5.78 Å². The van der Waals surface area contributed by atoms with Crippen LogP contribution in [0.1, 0.15) is 19.3 Å². The first kappa shape index (κ1) is 9.16. The van der Waals surface area contributed by atoms with Gasteiger partial charge in [0.2, 0.25) is 0 Å². The summed E-state index contributed by atoms with van der Waals surface area (Å²) in [7, 11) is 0. The molecule has 1 unspecified atom stereocenters. The third kappa shape index (κ3) is 2.78. The van der Waals surface area contributed by atoms with E-state index in [-0.39, 0.29) is 5.92 Å². The molecule has 3 nitrogen and oxygen atoms in total. The SMILES string of the molecule is O=C(CNCC1CC1)C1CCOC1. The average molecular weight is 183 g/mol. The molecule has 2 rings (SSSR count). The van der Waals surface area contributed by atoms with Crippen LogP contribution in [0, 0.1) is 11.8 Å². The van der Waals surface area contributed by atoms with E-state index >= 15 is 0 Å². The van der Waals surface area contributed by atoms with Crippen LogP contribution in [0.25, 0.3) is 0 Å². The summed E-state index contributed by atoms with van der Waals surface area (Å²) in [5, 5.41) is 3.22. The molecule has 74 valence electrons. The van der Waals surface area contributed by atoms with E-state index in [0.29, 0.717) is 18.9 Å². The van der Waals surface area contributed by atoms with Gasteiger partial charge in [0, 0.05) is 12.5 Å². The molecule has 1 aliphatic heterocycles. The second-order valence-corrected chi connectivity index (χ2v) is 4.10. The van der Waals surface area contributed by atoms with Crippen molar-refractivity contribution in [3.8, 4) is 0 Å². The van der Waals surface area contributed by atoms with E-state index in [1.807, 2.05) is 0 Å². The van der Waals surface area contributed by atoms with Crippen LogP contribution in [-0.2, 0) is 9.53 Å². The number of rotatable bonds is 5. The van der Waals surface area contributed by atoms with Crippen LogP contribution in [0.2, 0.25) is 0 Å². The molecule has 3 heteroatoms. The van der Waals surface area contributed by atoms with Crippen LogP contribution in [-0.4, -0.2) is 32.1 Å². The predicted molar refractivity (Wildman–Crippen MR) is 49.5 cm³/mol. The Morgan fingerprint density at radius 1 is 1.38 bits per heavy atom. The zero-order valence-electron chi connectivity index (χ0n) is 7.92. The van der Waals surface area contributed by atoms with E-state index in [2.05, 4.69) is 5.32 Å². The number of hydrogen-bond donors (Lipinski definition) is 1. The standard InChI is InChI=1S/C10H17NO2/c12-10(9-3-4-13-7-9)6-11-5-8-1-2-8/h8-9,11H,1-7H2.